The van der Waals surface area contributed by atoms with Gasteiger partial charge in [0.15, 0.2) is 12.4 Å². The van der Waals surface area contributed by atoms with Crippen LogP contribution in [0.1, 0.15) is 22.1 Å². The summed E-state index contributed by atoms with van der Waals surface area (Å²) in [5.41, 5.74) is 6.27. The topological polar surface area (TPSA) is 132 Å². The summed E-state index contributed by atoms with van der Waals surface area (Å²) < 4.78 is 43.1. The summed E-state index contributed by atoms with van der Waals surface area (Å²) in [4.78, 5) is 21.1. The molecule has 1 aliphatic rings. The number of nitrogens with zero attached hydrogens (tertiary/aromatic N) is 1. The van der Waals surface area contributed by atoms with Crippen LogP contribution in [-0.4, -0.2) is 47.5 Å². The Morgan fingerprint density at radius 3 is 2.67 bits per heavy atom. The summed E-state index contributed by atoms with van der Waals surface area (Å²) in [6.07, 6.45) is -2.80. The number of hydrogen-bond acceptors (Lipinski definition) is 6. The predicted molar refractivity (Wildman–Crippen MR) is 102 cm³/mol. The van der Waals surface area contributed by atoms with E-state index in [4.69, 9.17) is 19.5 Å². The maximum atomic E-state index is 14.5. The van der Waals surface area contributed by atoms with E-state index in [1.54, 1.807) is 0 Å². The van der Waals surface area contributed by atoms with Crippen molar-refractivity contribution in [3.8, 4) is 0 Å². The molecule has 30 heavy (non-hydrogen) atoms. The number of amides is 1. The normalized spacial score (nSPS) is 25.7. The number of benzene rings is 1. The largest absolute Gasteiger partial charge is 0.472 e. The smallest absolute Gasteiger partial charge is 0.387 e. The van der Waals surface area contributed by atoms with Gasteiger partial charge >= 0.3 is 7.82 Å². The number of alkyl halides is 1. The highest BCUT2D eigenvalue weighted by molar-refractivity contribution is 7.47. The highest BCUT2D eigenvalue weighted by Gasteiger charge is 2.50. The molecule has 0 saturated carbocycles. The van der Waals surface area contributed by atoms with Crippen molar-refractivity contribution in [2.45, 2.75) is 31.0 Å². The van der Waals surface area contributed by atoms with E-state index in [9.17, 15) is 23.7 Å². The van der Waals surface area contributed by atoms with Crippen LogP contribution in [0.4, 0.5) is 4.39 Å². The van der Waals surface area contributed by atoms with Gasteiger partial charge in [0, 0.05) is 6.07 Å². The van der Waals surface area contributed by atoms with E-state index in [1.165, 1.54) is 29.1 Å². The summed E-state index contributed by atoms with van der Waals surface area (Å²) in [7, 11) is -4.42. The molecule has 1 aromatic heterocycles. The van der Waals surface area contributed by atoms with Crippen molar-refractivity contribution >= 4 is 13.7 Å². The molecular weight excluding hydrogens is 418 g/mol. The van der Waals surface area contributed by atoms with E-state index < -0.39 is 44.9 Å². The molecule has 1 saturated heterocycles. The molecule has 1 aliphatic heterocycles. The summed E-state index contributed by atoms with van der Waals surface area (Å²) >= 11 is 0. The number of aromatic nitrogens is 1. The molecule has 1 amide bonds. The maximum Gasteiger partial charge on any atom is 0.472 e. The first-order valence-electron chi connectivity index (χ1n) is 9.21. The summed E-state index contributed by atoms with van der Waals surface area (Å²) in [6.45, 7) is -0.622. The maximum absolute atomic E-state index is 14.5. The van der Waals surface area contributed by atoms with Gasteiger partial charge in [-0.3, -0.25) is 13.8 Å². The van der Waals surface area contributed by atoms with Gasteiger partial charge < -0.3 is 20.5 Å². The number of aliphatic hydroxyl groups excluding tert-OH is 1. The molecule has 0 bridgehead atoms. The Morgan fingerprint density at radius 2 is 1.97 bits per heavy atom. The van der Waals surface area contributed by atoms with Crippen LogP contribution in [0.2, 0.25) is 0 Å². The zero-order valence-electron chi connectivity index (χ0n) is 15.9. The predicted octanol–water partition coefficient (Wildman–Crippen LogP) is 1.05. The molecule has 11 heteroatoms. The Bertz CT molecular complexity index is 917. The lowest BCUT2D eigenvalue weighted by molar-refractivity contribution is -0.764. The quantitative estimate of drug-likeness (QED) is 0.391. The van der Waals surface area contributed by atoms with Gasteiger partial charge in [-0.05, 0) is 18.1 Å². The third-order valence-electron chi connectivity index (χ3n) is 4.58. The number of aliphatic hydroxyl groups is 1. The highest BCUT2D eigenvalue weighted by Crippen LogP contribution is 2.44. The van der Waals surface area contributed by atoms with Gasteiger partial charge in [0.2, 0.25) is 6.17 Å². The number of ether oxygens (including phenoxy) is 1. The number of hydrogen-bond donors (Lipinski definition) is 3. The van der Waals surface area contributed by atoms with Crippen LogP contribution in [0.5, 0.6) is 0 Å². The van der Waals surface area contributed by atoms with Gasteiger partial charge in [0.25, 0.3) is 12.1 Å². The van der Waals surface area contributed by atoms with Gasteiger partial charge in [0.1, 0.15) is 17.8 Å². The van der Waals surface area contributed by atoms with Crippen LogP contribution in [0.25, 0.3) is 0 Å². The number of halogens is 1. The Balaban J connectivity index is 1.54. The number of pyridine rings is 1. The van der Waals surface area contributed by atoms with E-state index in [0.717, 1.165) is 5.56 Å². The monoisotopic (exact) mass is 441 g/mol. The van der Waals surface area contributed by atoms with Crippen LogP contribution in [0.3, 0.4) is 0 Å². The van der Waals surface area contributed by atoms with E-state index in [2.05, 4.69) is 0 Å². The van der Waals surface area contributed by atoms with Crippen LogP contribution in [0.15, 0.2) is 54.9 Å². The Hall–Kier alpha value is -2.20. The molecule has 4 N–H and O–H groups in total. The van der Waals surface area contributed by atoms with E-state index in [1.807, 2.05) is 30.3 Å². The average molecular weight is 441 g/mol. The number of phosphoric acid groups is 1. The van der Waals surface area contributed by atoms with Crippen molar-refractivity contribution in [1.29, 1.82) is 0 Å². The third kappa shape index (κ3) is 5.69. The van der Waals surface area contributed by atoms with Crippen molar-refractivity contribution in [2.24, 2.45) is 5.73 Å². The number of carbonyl (C=O) groups is 1. The van der Waals surface area contributed by atoms with E-state index in [-0.39, 0.29) is 12.2 Å². The fourth-order valence-electron chi connectivity index (χ4n) is 3.01. The SMILES string of the molecule is NC(=O)c1ccc[n+](C2OC(COP(=O)(O)OCCc3ccccc3)C(O)C2F)c1. The van der Waals surface area contributed by atoms with Crippen LogP contribution >= 0.6 is 7.82 Å². The second-order valence-corrected chi connectivity index (χ2v) is 8.19. The average Bonchev–Trinajstić information content (AvgIpc) is 3.01. The van der Waals surface area contributed by atoms with Crippen LogP contribution in [0, 0.1) is 0 Å². The molecule has 0 spiro atoms. The standard InChI is InChI=1S/C19H22FN2O7P/c20-16-17(23)15(29-19(16)22-9-4-7-14(11-22)18(21)24)12-28-30(25,26)27-10-8-13-5-2-1-3-6-13/h1-7,9,11,15-17,19,23H,8,10,12H2,(H2-,21,24,25,26)/p+1. The molecular formula is C19H23FN2O7P+. The minimum absolute atomic E-state index is 0.0595. The second-order valence-electron chi connectivity index (χ2n) is 6.74. The molecule has 2 aromatic rings. The lowest BCUT2D eigenvalue weighted by atomic mass is 10.1. The van der Waals surface area contributed by atoms with Crippen molar-refractivity contribution in [3.05, 3.63) is 66.0 Å². The molecule has 0 radical (unpaired) electrons. The molecule has 2 heterocycles. The molecule has 1 aromatic carbocycles. The van der Waals surface area contributed by atoms with Crippen molar-refractivity contribution in [2.75, 3.05) is 13.2 Å². The van der Waals surface area contributed by atoms with Crippen LogP contribution in [-0.2, 0) is 24.8 Å². The summed E-state index contributed by atoms with van der Waals surface area (Å²) in [5, 5.41) is 10.1. The van der Waals surface area contributed by atoms with Gasteiger partial charge in [-0.1, -0.05) is 30.3 Å². The van der Waals surface area contributed by atoms with Gasteiger partial charge in [-0.15, -0.1) is 0 Å². The third-order valence-corrected chi connectivity index (χ3v) is 5.57. The first kappa shape index (κ1) is 22.5. The number of carbonyl (C=O) groups excluding carboxylic acids is 1. The summed E-state index contributed by atoms with van der Waals surface area (Å²) in [6, 6.07) is 12.2. The van der Waals surface area contributed by atoms with Crippen LogP contribution < -0.4 is 10.3 Å². The zero-order valence-corrected chi connectivity index (χ0v) is 16.8. The fourth-order valence-corrected chi connectivity index (χ4v) is 3.74. The first-order valence-corrected chi connectivity index (χ1v) is 10.7. The molecule has 1 fully saturated rings. The number of nitrogens with two attached hydrogens (primary N) is 1. The van der Waals surface area contributed by atoms with E-state index >= 15 is 0 Å². The summed E-state index contributed by atoms with van der Waals surface area (Å²) in [5.74, 6) is -0.702. The number of primary amides is 1. The lowest BCUT2D eigenvalue weighted by Gasteiger charge is -2.16. The second kappa shape index (κ2) is 9.74. The first-order chi connectivity index (χ1) is 14.3. The van der Waals surface area contributed by atoms with Crippen molar-refractivity contribution in [1.82, 2.24) is 0 Å². The van der Waals surface area contributed by atoms with E-state index in [0.29, 0.717) is 6.42 Å². The molecule has 5 unspecified atom stereocenters. The number of phosphoric ester groups is 1. The van der Waals surface area contributed by atoms with Crippen molar-refractivity contribution in [3.63, 3.8) is 0 Å². The Kier molecular flexibility index (Phi) is 7.30. The van der Waals surface area contributed by atoms with Gasteiger partial charge in [0.05, 0.1) is 13.2 Å². The fraction of sp³-hybridized carbons (Fsp3) is 0.368. The Labute approximate surface area is 172 Å². The van der Waals surface area contributed by atoms with Crippen molar-refractivity contribution < 1.29 is 42.1 Å². The Morgan fingerprint density at radius 1 is 1.23 bits per heavy atom. The van der Waals surface area contributed by atoms with Gasteiger partial charge in [-0.2, -0.15) is 4.57 Å². The molecule has 3 rings (SSSR count). The molecule has 0 aliphatic carbocycles. The van der Waals surface area contributed by atoms with Gasteiger partial charge in [-0.25, -0.2) is 8.96 Å². The number of rotatable bonds is 9. The minimum Gasteiger partial charge on any atom is -0.387 e. The molecule has 9 nitrogen and oxygen atoms in total. The zero-order chi connectivity index (χ0) is 21.7. The molecule has 5 atom stereocenters. The minimum atomic E-state index is -4.42. The highest BCUT2D eigenvalue weighted by atomic mass is 31.2. The molecule has 162 valence electrons. The lowest BCUT2D eigenvalue weighted by Crippen LogP contribution is -2.45.